The van der Waals surface area contributed by atoms with Gasteiger partial charge < -0.3 is 10.1 Å². The van der Waals surface area contributed by atoms with Gasteiger partial charge in [-0.2, -0.15) is 0 Å². The predicted octanol–water partition coefficient (Wildman–Crippen LogP) is 5.84. The molecule has 0 unspecified atom stereocenters. The molecule has 6 heteroatoms. The average Bonchev–Trinajstić information content (AvgIpc) is 2.71. The van der Waals surface area contributed by atoms with Crippen LogP contribution < -0.4 is 10.1 Å². The Bertz CT molecular complexity index is 950. The Morgan fingerprint density at radius 2 is 1.75 bits per heavy atom. The van der Waals surface area contributed by atoms with E-state index in [0.717, 1.165) is 30.0 Å². The first-order chi connectivity index (χ1) is 13.6. The Labute approximate surface area is 166 Å². The van der Waals surface area contributed by atoms with Gasteiger partial charge in [-0.05, 0) is 42.8 Å². The molecule has 144 valence electrons. The van der Waals surface area contributed by atoms with Crippen LogP contribution in [0.15, 0.2) is 77.7 Å². The quantitative estimate of drug-likeness (QED) is 0.508. The highest BCUT2D eigenvalue weighted by Gasteiger charge is 2.24. The number of ether oxygens (including phenoxy) is 1. The molecule has 0 aliphatic carbocycles. The van der Waals surface area contributed by atoms with Crippen molar-refractivity contribution in [3.8, 4) is 5.75 Å². The van der Waals surface area contributed by atoms with Gasteiger partial charge in [0.1, 0.15) is 22.6 Å². The molecule has 3 rings (SSSR count). The monoisotopic (exact) mass is 399 g/mol. The van der Waals surface area contributed by atoms with E-state index in [9.17, 15) is 13.6 Å². The number of rotatable bonds is 7. The van der Waals surface area contributed by atoms with Crippen molar-refractivity contribution in [1.82, 2.24) is 0 Å². The average molecular weight is 399 g/mol. The molecule has 0 aliphatic rings. The first-order valence-electron chi connectivity index (χ1n) is 8.78. The molecule has 1 N–H and O–H groups in total. The summed E-state index contributed by atoms with van der Waals surface area (Å²) >= 11 is 0.961. The second kappa shape index (κ2) is 9.37. The van der Waals surface area contributed by atoms with Crippen molar-refractivity contribution < 1.29 is 18.3 Å². The summed E-state index contributed by atoms with van der Waals surface area (Å²) in [5.74, 6) is -0.938. The number of benzene rings is 3. The number of halogens is 2. The highest BCUT2D eigenvalue weighted by molar-refractivity contribution is 8.00. The highest BCUT2D eigenvalue weighted by atomic mass is 32.2. The molecule has 3 aromatic carbocycles. The fraction of sp³-hybridized carbons (Fsp3) is 0.136. The van der Waals surface area contributed by atoms with Gasteiger partial charge >= 0.3 is 0 Å². The van der Waals surface area contributed by atoms with Gasteiger partial charge in [0.25, 0.3) is 0 Å². The van der Waals surface area contributed by atoms with Crippen molar-refractivity contribution in [2.75, 3.05) is 11.9 Å². The third-order valence-electron chi connectivity index (χ3n) is 3.92. The number of hydrogen-bond donors (Lipinski definition) is 1. The van der Waals surface area contributed by atoms with Gasteiger partial charge in [0.15, 0.2) is 0 Å². The van der Waals surface area contributed by atoms with E-state index in [4.69, 9.17) is 4.74 Å². The zero-order valence-electron chi connectivity index (χ0n) is 15.2. The fourth-order valence-corrected chi connectivity index (χ4v) is 3.72. The molecule has 3 nitrogen and oxygen atoms in total. The van der Waals surface area contributed by atoms with Gasteiger partial charge in [0.2, 0.25) is 5.91 Å². The zero-order chi connectivity index (χ0) is 19.9. The number of carbonyl (C=O) groups is 1. The van der Waals surface area contributed by atoms with Crippen LogP contribution >= 0.6 is 11.8 Å². The zero-order valence-corrected chi connectivity index (χ0v) is 16.0. The third kappa shape index (κ3) is 4.89. The van der Waals surface area contributed by atoms with Crippen LogP contribution in [0.2, 0.25) is 0 Å². The van der Waals surface area contributed by atoms with Gasteiger partial charge in [-0.25, -0.2) is 8.78 Å². The number of nitrogens with one attached hydrogen (secondary N) is 1. The van der Waals surface area contributed by atoms with Gasteiger partial charge in [0.05, 0.1) is 12.3 Å². The van der Waals surface area contributed by atoms with Crippen molar-refractivity contribution in [3.63, 3.8) is 0 Å². The molecule has 0 bridgehead atoms. The summed E-state index contributed by atoms with van der Waals surface area (Å²) in [5.41, 5.74) is 1.21. The van der Waals surface area contributed by atoms with Crippen molar-refractivity contribution in [1.29, 1.82) is 0 Å². The maximum Gasteiger partial charge on any atom is 0.242 e. The van der Waals surface area contributed by atoms with Crippen molar-refractivity contribution in [2.45, 2.75) is 17.1 Å². The van der Waals surface area contributed by atoms with E-state index in [1.807, 2.05) is 19.1 Å². The number of anilines is 1. The molecule has 28 heavy (non-hydrogen) atoms. The van der Waals surface area contributed by atoms with Crippen LogP contribution in [0.3, 0.4) is 0 Å². The van der Waals surface area contributed by atoms with Crippen molar-refractivity contribution >= 4 is 23.4 Å². The molecule has 0 aromatic heterocycles. The van der Waals surface area contributed by atoms with Crippen LogP contribution in [-0.2, 0) is 4.79 Å². The minimum atomic E-state index is -0.771. The fourth-order valence-electron chi connectivity index (χ4n) is 2.64. The van der Waals surface area contributed by atoms with E-state index in [0.29, 0.717) is 23.6 Å². The Kier molecular flexibility index (Phi) is 6.66. The third-order valence-corrected chi connectivity index (χ3v) is 5.21. The molecule has 3 aromatic rings. The van der Waals surface area contributed by atoms with Crippen molar-refractivity contribution in [2.24, 2.45) is 0 Å². The summed E-state index contributed by atoms with van der Waals surface area (Å²) in [6.45, 7) is 2.31. The van der Waals surface area contributed by atoms with E-state index in [-0.39, 0.29) is 10.8 Å². The maximum atomic E-state index is 14.2. The largest absolute Gasteiger partial charge is 0.492 e. The van der Waals surface area contributed by atoms with Crippen molar-refractivity contribution in [3.05, 3.63) is 90.0 Å². The van der Waals surface area contributed by atoms with Crippen LogP contribution in [0.25, 0.3) is 0 Å². The minimum Gasteiger partial charge on any atom is -0.492 e. The van der Waals surface area contributed by atoms with Crippen LogP contribution in [-0.4, -0.2) is 12.5 Å². The summed E-state index contributed by atoms with van der Waals surface area (Å²) in [6, 6.07) is 19.3. The SMILES string of the molecule is CCOc1ccccc1NC(=O)[C@@H](Sc1cc(F)ccc1F)c1ccccc1. The maximum absolute atomic E-state index is 14.2. The molecular weight excluding hydrogens is 380 g/mol. The van der Waals surface area contributed by atoms with E-state index < -0.39 is 16.9 Å². The summed E-state index contributed by atoms with van der Waals surface area (Å²) in [4.78, 5) is 13.1. The van der Waals surface area contributed by atoms with E-state index in [1.165, 1.54) is 0 Å². The Hall–Kier alpha value is -2.86. The lowest BCUT2D eigenvalue weighted by Crippen LogP contribution is -2.19. The van der Waals surface area contributed by atoms with Crippen LogP contribution in [0, 0.1) is 11.6 Å². The number of carbonyl (C=O) groups excluding carboxylic acids is 1. The molecule has 1 atom stereocenters. The first-order valence-corrected chi connectivity index (χ1v) is 9.65. The van der Waals surface area contributed by atoms with Crippen LogP contribution in [0.4, 0.5) is 14.5 Å². The second-order valence-corrected chi connectivity index (χ2v) is 7.05. The Balaban J connectivity index is 1.91. The molecule has 0 saturated heterocycles. The minimum absolute atomic E-state index is 0.0714. The molecule has 0 saturated carbocycles. The van der Waals surface area contributed by atoms with Gasteiger partial charge in [-0.1, -0.05) is 42.5 Å². The summed E-state index contributed by atoms with van der Waals surface area (Å²) < 4.78 is 33.3. The summed E-state index contributed by atoms with van der Waals surface area (Å²) in [6.07, 6.45) is 0. The number of hydrogen-bond acceptors (Lipinski definition) is 3. The van der Waals surface area contributed by atoms with E-state index in [2.05, 4.69) is 5.32 Å². The van der Waals surface area contributed by atoms with E-state index >= 15 is 0 Å². The lowest BCUT2D eigenvalue weighted by molar-refractivity contribution is -0.115. The Morgan fingerprint density at radius 1 is 1.04 bits per heavy atom. The Morgan fingerprint density at radius 3 is 2.50 bits per heavy atom. The molecule has 0 radical (unpaired) electrons. The van der Waals surface area contributed by atoms with E-state index in [1.54, 1.807) is 42.5 Å². The molecule has 0 spiro atoms. The number of para-hydroxylation sites is 2. The molecule has 0 aliphatic heterocycles. The lowest BCUT2D eigenvalue weighted by Gasteiger charge is -2.19. The number of amides is 1. The van der Waals surface area contributed by atoms with Crippen LogP contribution in [0.5, 0.6) is 5.75 Å². The summed E-state index contributed by atoms with van der Waals surface area (Å²) in [5, 5.41) is 2.08. The predicted molar refractivity (Wildman–Crippen MR) is 108 cm³/mol. The highest BCUT2D eigenvalue weighted by Crippen LogP contribution is 2.38. The normalized spacial score (nSPS) is 11.7. The van der Waals surface area contributed by atoms with Crippen LogP contribution in [0.1, 0.15) is 17.7 Å². The molecule has 1 amide bonds. The van der Waals surface area contributed by atoms with Gasteiger partial charge in [-0.3, -0.25) is 4.79 Å². The van der Waals surface area contributed by atoms with Gasteiger partial charge in [0, 0.05) is 4.90 Å². The molecule has 0 heterocycles. The standard InChI is InChI=1S/C22H19F2NO2S/c1-2-27-19-11-7-6-10-18(19)25-22(26)21(15-8-4-3-5-9-15)28-20-14-16(23)12-13-17(20)24/h3-14,21H,2H2,1H3,(H,25,26)/t21-/m0/s1. The lowest BCUT2D eigenvalue weighted by atomic mass is 10.1. The molecular formula is C22H19F2NO2S. The summed E-state index contributed by atoms with van der Waals surface area (Å²) in [7, 11) is 0. The smallest absolute Gasteiger partial charge is 0.242 e. The first kappa shape index (κ1) is 19.9. The van der Waals surface area contributed by atoms with Gasteiger partial charge in [-0.15, -0.1) is 11.8 Å². The topological polar surface area (TPSA) is 38.3 Å². The second-order valence-electron chi connectivity index (χ2n) is 5.90. The molecule has 0 fully saturated rings. The number of thioether (sulfide) groups is 1.